The van der Waals surface area contributed by atoms with Gasteiger partial charge in [-0.05, 0) is 71.3 Å². The topological polar surface area (TPSA) is 57.5 Å². The van der Waals surface area contributed by atoms with Crippen LogP contribution in [0, 0.1) is 13.8 Å². The second-order valence-corrected chi connectivity index (χ2v) is 8.32. The van der Waals surface area contributed by atoms with Crippen molar-refractivity contribution in [3.63, 3.8) is 0 Å². The van der Waals surface area contributed by atoms with Crippen molar-refractivity contribution >= 4 is 29.9 Å². The SMILES string of the molecule is CCNC(=NCC(c1ccc(CC)cc1)N(C)C)NC(C)Cc1c(C)nn(C)c1C.I. The second kappa shape index (κ2) is 13.1. The lowest BCUT2D eigenvalue weighted by atomic mass is 10.0. The number of halogens is 1. The first-order valence-corrected chi connectivity index (χ1v) is 11.1. The van der Waals surface area contributed by atoms with Crippen LogP contribution >= 0.6 is 24.0 Å². The van der Waals surface area contributed by atoms with Gasteiger partial charge in [0, 0.05) is 25.3 Å². The van der Waals surface area contributed by atoms with E-state index < -0.39 is 0 Å². The molecular weight excluding hydrogens is 499 g/mol. The third kappa shape index (κ3) is 7.79. The highest BCUT2D eigenvalue weighted by molar-refractivity contribution is 14.0. The minimum atomic E-state index is 0. The van der Waals surface area contributed by atoms with E-state index in [0.29, 0.717) is 6.54 Å². The predicted molar refractivity (Wildman–Crippen MR) is 143 cm³/mol. The minimum absolute atomic E-state index is 0. The Morgan fingerprint density at radius 2 is 1.81 bits per heavy atom. The lowest BCUT2D eigenvalue weighted by molar-refractivity contribution is 0.306. The molecule has 0 radical (unpaired) electrons. The highest BCUT2D eigenvalue weighted by Crippen LogP contribution is 2.19. The van der Waals surface area contributed by atoms with Gasteiger partial charge in [0.25, 0.3) is 0 Å². The molecule has 174 valence electrons. The predicted octanol–water partition coefficient (Wildman–Crippen LogP) is 4.01. The molecule has 2 rings (SSSR count). The summed E-state index contributed by atoms with van der Waals surface area (Å²) in [5.41, 5.74) is 6.31. The number of likely N-dealkylation sites (N-methyl/N-ethyl adjacent to an activating group) is 1. The highest BCUT2D eigenvalue weighted by Gasteiger charge is 2.16. The number of nitrogens with zero attached hydrogens (tertiary/aromatic N) is 4. The van der Waals surface area contributed by atoms with Gasteiger partial charge in [-0.2, -0.15) is 5.10 Å². The summed E-state index contributed by atoms with van der Waals surface area (Å²) in [6.45, 7) is 12.2. The van der Waals surface area contributed by atoms with Gasteiger partial charge in [0.05, 0.1) is 18.3 Å². The number of aromatic nitrogens is 2. The minimum Gasteiger partial charge on any atom is -0.357 e. The zero-order chi connectivity index (χ0) is 22.3. The van der Waals surface area contributed by atoms with Gasteiger partial charge in [0.1, 0.15) is 0 Å². The molecule has 6 nitrogen and oxygen atoms in total. The molecule has 0 saturated carbocycles. The van der Waals surface area contributed by atoms with Gasteiger partial charge in [-0.15, -0.1) is 24.0 Å². The first kappa shape index (κ1) is 27.4. The molecule has 0 amide bonds. The fourth-order valence-corrected chi connectivity index (χ4v) is 3.74. The Morgan fingerprint density at radius 3 is 2.29 bits per heavy atom. The molecule has 1 heterocycles. The van der Waals surface area contributed by atoms with Crippen LogP contribution in [-0.2, 0) is 19.9 Å². The van der Waals surface area contributed by atoms with E-state index in [4.69, 9.17) is 4.99 Å². The maximum Gasteiger partial charge on any atom is 0.191 e. The zero-order valence-corrected chi connectivity index (χ0v) is 22.8. The van der Waals surface area contributed by atoms with Gasteiger partial charge in [-0.3, -0.25) is 9.67 Å². The molecule has 0 saturated heterocycles. The third-order valence-electron chi connectivity index (χ3n) is 5.71. The van der Waals surface area contributed by atoms with Gasteiger partial charge in [-0.1, -0.05) is 31.2 Å². The van der Waals surface area contributed by atoms with Crippen LogP contribution in [0.5, 0.6) is 0 Å². The number of aryl methyl sites for hydroxylation is 3. The molecule has 7 heteroatoms. The van der Waals surface area contributed by atoms with E-state index in [1.54, 1.807) is 0 Å². The second-order valence-electron chi connectivity index (χ2n) is 8.32. The summed E-state index contributed by atoms with van der Waals surface area (Å²) in [4.78, 5) is 7.15. The Labute approximate surface area is 205 Å². The summed E-state index contributed by atoms with van der Waals surface area (Å²) in [6, 6.07) is 9.40. The molecule has 0 fully saturated rings. The maximum atomic E-state index is 4.92. The largest absolute Gasteiger partial charge is 0.357 e. The number of hydrogen-bond acceptors (Lipinski definition) is 3. The monoisotopic (exact) mass is 540 g/mol. The number of aliphatic imine (C=N–C) groups is 1. The van der Waals surface area contributed by atoms with Crippen molar-refractivity contribution in [1.82, 2.24) is 25.3 Å². The number of guanidine groups is 1. The Balaban J connectivity index is 0.00000480. The van der Waals surface area contributed by atoms with Crippen molar-refractivity contribution in [2.24, 2.45) is 12.0 Å². The summed E-state index contributed by atoms with van der Waals surface area (Å²) in [6.07, 6.45) is 1.98. The first-order chi connectivity index (χ1) is 14.3. The van der Waals surface area contributed by atoms with Gasteiger partial charge in [-0.25, -0.2) is 0 Å². The van der Waals surface area contributed by atoms with Gasteiger partial charge in [0.15, 0.2) is 5.96 Å². The van der Waals surface area contributed by atoms with Gasteiger partial charge < -0.3 is 15.5 Å². The van der Waals surface area contributed by atoms with Gasteiger partial charge in [0.2, 0.25) is 0 Å². The van der Waals surface area contributed by atoms with Crippen LogP contribution < -0.4 is 10.6 Å². The van der Waals surface area contributed by atoms with Crippen LogP contribution in [-0.4, -0.2) is 53.9 Å². The first-order valence-electron chi connectivity index (χ1n) is 11.1. The third-order valence-corrected chi connectivity index (χ3v) is 5.71. The normalized spacial score (nSPS) is 13.6. The lowest BCUT2D eigenvalue weighted by Gasteiger charge is -2.24. The van der Waals surface area contributed by atoms with Crippen molar-refractivity contribution in [2.45, 2.75) is 59.5 Å². The average Bonchev–Trinajstić information content (AvgIpc) is 2.94. The molecule has 2 N–H and O–H groups in total. The molecule has 1 aromatic carbocycles. The van der Waals surface area contributed by atoms with Crippen LogP contribution in [0.3, 0.4) is 0 Å². The molecule has 0 aliphatic rings. The Morgan fingerprint density at radius 1 is 1.16 bits per heavy atom. The van der Waals surface area contributed by atoms with E-state index in [1.807, 2.05) is 11.7 Å². The Bertz CT molecular complexity index is 825. The summed E-state index contributed by atoms with van der Waals surface area (Å²) in [7, 11) is 6.24. The molecule has 0 aliphatic heterocycles. The van der Waals surface area contributed by atoms with Crippen LogP contribution in [0.2, 0.25) is 0 Å². The van der Waals surface area contributed by atoms with Crippen LogP contribution in [0.4, 0.5) is 0 Å². The van der Waals surface area contributed by atoms with E-state index in [9.17, 15) is 0 Å². The van der Waals surface area contributed by atoms with Crippen molar-refractivity contribution in [3.8, 4) is 0 Å². The van der Waals surface area contributed by atoms with Crippen molar-refractivity contribution in [3.05, 3.63) is 52.3 Å². The molecule has 2 atom stereocenters. The quantitative estimate of drug-likeness (QED) is 0.287. The van der Waals surface area contributed by atoms with E-state index in [2.05, 4.69) is 93.6 Å². The summed E-state index contributed by atoms with van der Waals surface area (Å²) in [5, 5.41) is 11.5. The number of hydrogen-bond donors (Lipinski definition) is 2. The van der Waals surface area contributed by atoms with E-state index in [-0.39, 0.29) is 36.1 Å². The molecule has 0 aliphatic carbocycles. The molecule has 0 bridgehead atoms. The van der Waals surface area contributed by atoms with E-state index in [1.165, 1.54) is 22.4 Å². The Hall–Kier alpha value is -1.61. The summed E-state index contributed by atoms with van der Waals surface area (Å²) < 4.78 is 1.96. The molecule has 31 heavy (non-hydrogen) atoms. The zero-order valence-electron chi connectivity index (χ0n) is 20.5. The molecular formula is C24H41IN6. The van der Waals surface area contributed by atoms with Crippen molar-refractivity contribution in [2.75, 3.05) is 27.2 Å². The average molecular weight is 541 g/mol. The molecule has 1 aromatic heterocycles. The maximum absolute atomic E-state index is 4.92. The van der Waals surface area contributed by atoms with E-state index in [0.717, 1.165) is 31.0 Å². The fourth-order valence-electron chi connectivity index (χ4n) is 3.74. The number of rotatable bonds is 9. The molecule has 0 spiro atoms. The van der Waals surface area contributed by atoms with E-state index >= 15 is 0 Å². The number of nitrogens with one attached hydrogen (secondary N) is 2. The molecule has 2 aromatic rings. The van der Waals surface area contributed by atoms with Crippen LogP contribution in [0.25, 0.3) is 0 Å². The lowest BCUT2D eigenvalue weighted by Crippen LogP contribution is -2.43. The summed E-state index contributed by atoms with van der Waals surface area (Å²) in [5.74, 6) is 0.862. The number of benzene rings is 1. The molecule has 2 unspecified atom stereocenters. The Kier molecular flexibility index (Phi) is 11.5. The van der Waals surface area contributed by atoms with Crippen LogP contribution in [0.1, 0.15) is 54.9 Å². The van der Waals surface area contributed by atoms with Crippen molar-refractivity contribution in [1.29, 1.82) is 0 Å². The van der Waals surface area contributed by atoms with Crippen molar-refractivity contribution < 1.29 is 0 Å². The fraction of sp³-hybridized carbons (Fsp3) is 0.583. The standard InChI is InChI=1S/C24H40N6.HI/c1-9-20-11-13-21(14-12-20)23(29(6)7)16-26-24(25-10-2)27-17(3)15-22-18(4)28-30(8)19(22)5;/h11-14,17,23H,9-10,15-16H2,1-8H3,(H2,25,26,27);1H. The smallest absolute Gasteiger partial charge is 0.191 e. The van der Waals surface area contributed by atoms with Gasteiger partial charge >= 0.3 is 0 Å². The highest BCUT2D eigenvalue weighted by atomic mass is 127. The summed E-state index contributed by atoms with van der Waals surface area (Å²) >= 11 is 0. The van der Waals surface area contributed by atoms with Crippen LogP contribution in [0.15, 0.2) is 29.3 Å².